The van der Waals surface area contributed by atoms with Crippen molar-refractivity contribution in [2.24, 2.45) is 0 Å². The van der Waals surface area contributed by atoms with Gasteiger partial charge >= 0.3 is 0 Å². The third kappa shape index (κ3) is 3.29. The number of rotatable bonds is 4. The molecule has 0 bridgehead atoms. The number of nitrogens with zero attached hydrogens (tertiary/aromatic N) is 2. The van der Waals surface area contributed by atoms with Crippen LogP contribution < -0.4 is 5.32 Å². The van der Waals surface area contributed by atoms with Crippen LogP contribution in [0.5, 0.6) is 0 Å². The summed E-state index contributed by atoms with van der Waals surface area (Å²) in [5, 5.41) is 3.09. The summed E-state index contributed by atoms with van der Waals surface area (Å²) in [5.74, 6) is 1.50. The fourth-order valence-corrected chi connectivity index (χ4v) is 3.84. The molecule has 0 saturated carbocycles. The fourth-order valence-electron chi connectivity index (χ4n) is 1.63. The van der Waals surface area contributed by atoms with Crippen molar-refractivity contribution in [1.82, 2.24) is 9.97 Å². The van der Waals surface area contributed by atoms with Gasteiger partial charge in [-0.15, -0.1) is 11.3 Å². The van der Waals surface area contributed by atoms with Crippen molar-refractivity contribution in [3.8, 4) is 10.7 Å². The highest BCUT2D eigenvalue weighted by Gasteiger charge is 2.15. The minimum atomic E-state index is 0.702. The Hall–Kier alpha value is -0.170. The van der Waals surface area contributed by atoms with Crippen LogP contribution in [-0.2, 0) is 6.42 Å². The van der Waals surface area contributed by atoms with E-state index in [9.17, 15) is 0 Å². The molecule has 102 valence electrons. The van der Waals surface area contributed by atoms with Crippen molar-refractivity contribution in [1.29, 1.82) is 0 Å². The van der Waals surface area contributed by atoms with Gasteiger partial charge in [-0.05, 0) is 44.3 Å². The SMILES string of the molecule is CCCc1nc(-c2cc(Br)c(Cl)s2)nc(NC)c1Br. The molecule has 19 heavy (non-hydrogen) atoms. The van der Waals surface area contributed by atoms with Crippen molar-refractivity contribution >= 4 is 60.6 Å². The summed E-state index contributed by atoms with van der Waals surface area (Å²) in [4.78, 5) is 10.1. The number of aryl methyl sites for hydroxylation is 1. The average Bonchev–Trinajstić information content (AvgIpc) is 2.72. The van der Waals surface area contributed by atoms with Gasteiger partial charge in [-0.25, -0.2) is 9.97 Å². The van der Waals surface area contributed by atoms with Gasteiger partial charge in [-0.1, -0.05) is 24.9 Å². The maximum absolute atomic E-state index is 6.08. The summed E-state index contributed by atoms with van der Waals surface area (Å²) < 4.78 is 2.52. The number of aromatic nitrogens is 2. The van der Waals surface area contributed by atoms with Gasteiger partial charge in [0.1, 0.15) is 10.2 Å². The van der Waals surface area contributed by atoms with Gasteiger partial charge in [0.05, 0.1) is 15.0 Å². The molecule has 2 aromatic heterocycles. The van der Waals surface area contributed by atoms with Crippen LogP contribution in [0.3, 0.4) is 0 Å². The normalized spacial score (nSPS) is 10.8. The molecule has 2 heterocycles. The Bertz CT molecular complexity index is 581. The van der Waals surface area contributed by atoms with E-state index in [1.807, 2.05) is 13.1 Å². The minimum Gasteiger partial charge on any atom is -0.372 e. The molecule has 0 aliphatic rings. The molecule has 0 aliphatic heterocycles. The molecule has 0 atom stereocenters. The Kier molecular flexibility index (Phi) is 5.22. The highest BCUT2D eigenvalue weighted by Crippen LogP contribution is 2.38. The quantitative estimate of drug-likeness (QED) is 0.715. The number of hydrogen-bond donors (Lipinski definition) is 1. The van der Waals surface area contributed by atoms with Crippen LogP contribution in [0.25, 0.3) is 10.7 Å². The zero-order valence-electron chi connectivity index (χ0n) is 10.4. The first-order chi connectivity index (χ1) is 9.06. The van der Waals surface area contributed by atoms with E-state index in [-0.39, 0.29) is 0 Å². The summed E-state index contributed by atoms with van der Waals surface area (Å²) in [6.45, 7) is 2.13. The van der Waals surface area contributed by atoms with E-state index in [0.29, 0.717) is 10.2 Å². The molecule has 1 N–H and O–H groups in total. The Morgan fingerprint density at radius 2 is 2.11 bits per heavy atom. The summed E-state index contributed by atoms with van der Waals surface area (Å²) in [7, 11) is 1.85. The summed E-state index contributed by atoms with van der Waals surface area (Å²) in [5.41, 5.74) is 1.01. The summed E-state index contributed by atoms with van der Waals surface area (Å²) in [6.07, 6.45) is 1.94. The van der Waals surface area contributed by atoms with Gasteiger partial charge in [0.15, 0.2) is 5.82 Å². The standard InChI is InChI=1S/C12H12Br2ClN3S/c1-3-4-7-9(14)12(16-2)18-11(17-7)8-5-6(13)10(15)19-8/h5H,3-4H2,1-2H3,(H,16,17,18). The molecule has 0 saturated heterocycles. The summed E-state index contributed by atoms with van der Waals surface area (Å²) in [6, 6.07) is 1.95. The lowest BCUT2D eigenvalue weighted by Gasteiger charge is -2.09. The Morgan fingerprint density at radius 3 is 2.63 bits per heavy atom. The van der Waals surface area contributed by atoms with Crippen molar-refractivity contribution in [3.63, 3.8) is 0 Å². The van der Waals surface area contributed by atoms with E-state index in [0.717, 1.165) is 38.2 Å². The van der Waals surface area contributed by atoms with Crippen LogP contribution in [0.15, 0.2) is 15.0 Å². The lowest BCUT2D eigenvalue weighted by Crippen LogP contribution is -2.02. The van der Waals surface area contributed by atoms with E-state index < -0.39 is 0 Å². The zero-order chi connectivity index (χ0) is 14.0. The van der Waals surface area contributed by atoms with Crippen LogP contribution in [-0.4, -0.2) is 17.0 Å². The van der Waals surface area contributed by atoms with Gasteiger partial charge in [-0.2, -0.15) is 0 Å². The molecule has 0 amide bonds. The average molecular weight is 426 g/mol. The summed E-state index contributed by atoms with van der Waals surface area (Å²) >= 11 is 14.5. The molecule has 3 nitrogen and oxygen atoms in total. The Balaban J connectivity index is 2.54. The van der Waals surface area contributed by atoms with Crippen LogP contribution >= 0.6 is 54.8 Å². The second-order valence-electron chi connectivity index (χ2n) is 3.89. The first kappa shape index (κ1) is 15.2. The molecular weight excluding hydrogens is 413 g/mol. The molecule has 0 fully saturated rings. The zero-order valence-corrected chi connectivity index (χ0v) is 15.2. The largest absolute Gasteiger partial charge is 0.372 e. The molecule has 2 aromatic rings. The molecule has 0 unspecified atom stereocenters. The Labute approximate surface area is 138 Å². The number of anilines is 1. The fraction of sp³-hybridized carbons (Fsp3) is 0.333. The smallest absolute Gasteiger partial charge is 0.172 e. The molecular formula is C12H12Br2ClN3S. The van der Waals surface area contributed by atoms with E-state index in [4.69, 9.17) is 11.6 Å². The van der Waals surface area contributed by atoms with Crippen molar-refractivity contribution in [2.75, 3.05) is 12.4 Å². The number of thiophene rings is 1. The highest BCUT2D eigenvalue weighted by molar-refractivity contribution is 9.11. The van der Waals surface area contributed by atoms with Gasteiger partial charge in [0, 0.05) is 11.5 Å². The van der Waals surface area contributed by atoms with Crippen LogP contribution in [0, 0.1) is 0 Å². The number of hydrogen-bond acceptors (Lipinski definition) is 4. The second kappa shape index (κ2) is 6.52. The predicted molar refractivity (Wildman–Crippen MR) is 89.3 cm³/mol. The van der Waals surface area contributed by atoms with E-state index >= 15 is 0 Å². The molecule has 0 radical (unpaired) electrons. The maximum Gasteiger partial charge on any atom is 0.172 e. The Morgan fingerprint density at radius 1 is 1.37 bits per heavy atom. The van der Waals surface area contributed by atoms with E-state index in [2.05, 4.69) is 54.1 Å². The second-order valence-corrected chi connectivity index (χ2v) is 7.19. The first-order valence-electron chi connectivity index (χ1n) is 5.76. The predicted octanol–water partition coefficient (Wildman–Crippen LogP) is 5.38. The van der Waals surface area contributed by atoms with Crippen LogP contribution in [0.4, 0.5) is 5.82 Å². The molecule has 0 spiro atoms. The van der Waals surface area contributed by atoms with Gasteiger partial charge < -0.3 is 5.32 Å². The minimum absolute atomic E-state index is 0.702. The molecule has 2 rings (SSSR count). The van der Waals surface area contributed by atoms with Gasteiger partial charge in [-0.3, -0.25) is 0 Å². The van der Waals surface area contributed by atoms with Crippen molar-refractivity contribution in [2.45, 2.75) is 19.8 Å². The van der Waals surface area contributed by atoms with E-state index in [1.54, 1.807) is 0 Å². The van der Waals surface area contributed by atoms with Crippen LogP contribution in [0.1, 0.15) is 19.0 Å². The highest BCUT2D eigenvalue weighted by atomic mass is 79.9. The van der Waals surface area contributed by atoms with E-state index in [1.165, 1.54) is 11.3 Å². The molecule has 0 aromatic carbocycles. The number of halogens is 3. The number of nitrogens with one attached hydrogen (secondary N) is 1. The van der Waals surface area contributed by atoms with Gasteiger partial charge in [0.2, 0.25) is 0 Å². The monoisotopic (exact) mass is 423 g/mol. The van der Waals surface area contributed by atoms with Gasteiger partial charge in [0.25, 0.3) is 0 Å². The maximum atomic E-state index is 6.08. The molecule has 0 aliphatic carbocycles. The third-order valence-corrected chi connectivity index (χ3v) is 5.81. The van der Waals surface area contributed by atoms with Crippen LogP contribution in [0.2, 0.25) is 4.34 Å². The third-order valence-electron chi connectivity index (χ3n) is 2.51. The first-order valence-corrected chi connectivity index (χ1v) is 8.54. The van der Waals surface area contributed by atoms with Crippen molar-refractivity contribution in [3.05, 3.63) is 25.0 Å². The van der Waals surface area contributed by atoms with Crippen molar-refractivity contribution < 1.29 is 0 Å². The molecule has 7 heteroatoms. The lowest BCUT2D eigenvalue weighted by molar-refractivity contribution is 0.869. The lowest BCUT2D eigenvalue weighted by atomic mass is 10.2. The topological polar surface area (TPSA) is 37.8 Å².